The van der Waals surface area contributed by atoms with Crippen LogP contribution in [0, 0.1) is 0 Å². The van der Waals surface area contributed by atoms with Gasteiger partial charge in [-0.2, -0.15) is 0 Å². The summed E-state index contributed by atoms with van der Waals surface area (Å²) in [4.78, 5) is 22.8. The molecule has 1 heterocycles. The number of halogens is 1. The van der Waals surface area contributed by atoms with Gasteiger partial charge >= 0.3 is 6.09 Å². The van der Waals surface area contributed by atoms with Crippen molar-refractivity contribution in [3.63, 3.8) is 0 Å². The summed E-state index contributed by atoms with van der Waals surface area (Å²) in [6.07, 6.45) is -0.757. The van der Waals surface area contributed by atoms with E-state index >= 15 is 0 Å². The Bertz CT molecular complexity index is 720. The molecular formula is C14H15ClN4O3S. The van der Waals surface area contributed by atoms with Crippen LogP contribution in [-0.2, 0) is 16.6 Å². The number of hydrogen-bond acceptors (Lipinski definition) is 6. The Morgan fingerprint density at radius 1 is 1.35 bits per heavy atom. The molecule has 1 aromatic carbocycles. The molecule has 0 fully saturated rings. The van der Waals surface area contributed by atoms with Crippen molar-refractivity contribution in [1.29, 1.82) is 0 Å². The molecule has 122 valence electrons. The third kappa shape index (κ3) is 4.46. The van der Waals surface area contributed by atoms with Crippen LogP contribution in [0.2, 0.25) is 5.02 Å². The molecule has 0 atom stereocenters. The van der Waals surface area contributed by atoms with E-state index in [0.29, 0.717) is 16.0 Å². The summed E-state index contributed by atoms with van der Waals surface area (Å²) in [6, 6.07) is 7.30. The Morgan fingerprint density at radius 3 is 2.78 bits per heavy atom. The van der Waals surface area contributed by atoms with E-state index in [9.17, 15) is 9.59 Å². The third-order valence-electron chi connectivity index (χ3n) is 2.80. The van der Waals surface area contributed by atoms with Gasteiger partial charge in [0.15, 0.2) is 11.0 Å². The molecule has 0 unspecified atom stereocenters. The molecule has 2 aromatic rings. The first-order valence-electron chi connectivity index (χ1n) is 6.76. The molecule has 0 aliphatic carbocycles. The lowest BCUT2D eigenvalue weighted by Crippen LogP contribution is -2.32. The van der Waals surface area contributed by atoms with E-state index in [2.05, 4.69) is 20.3 Å². The summed E-state index contributed by atoms with van der Waals surface area (Å²) in [7, 11) is 1.78. The molecule has 23 heavy (non-hydrogen) atoms. The molecule has 2 rings (SSSR count). The SMILES string of the molecule is CCOC(=O)NC(=O)CSc1nnc(-c2ccccc2Cl)n1C. The maximum atomic E-state index is 11.6. The van der Waals surface area contributed by atoms with Crippen LogP contribution in [0.1, 0.15) is 6.92 Å². The number of amides is 2. The molecule has 0 aliphatic rings. The molecule has 1 aromatic heterocycles. The second kappa shape index (κ2) is 7.98. The number of benzene rings is 1. The molecule has 2 amide bonds. The normalized spacial score (nSPS) is 10.4. The molecule has 0 spiro atoms. The molecular weight excluding hydrogens is 340 g/mol. The minimum atomic E-state index is -0.757. The Hall–Kier alpha value is -2.06. The van der Waals surface area contributed by atoms with Gasteiger partial charge in [-0.25, -0.2) is 4.79 Å². The fourth-order valence-corrected chi connectivity index (χ4v) is 2.70. The molecule has 0 bridgehead atoms. The first kappa shape index (κ1) is 17.3. The summed E-state index contributed by atoms with van der Waals surface area (Å²) in [5, 5.41) is 11.4. The van der Waals surface area contributed by atoms with Crippen LogP contribution >= 0.6 is 23.4 Å². The van der Waals surface area contributed by atoms with Crippen LogP contribution in [0.3, 0.4) is 0 Å². The second-order valence-corrected chi connectivity index (χ2v) is 5.75. The maximum absolute atomic E-state index is 11.6. The van der Waals surface area contributed by atoms with Crippen molar-refractivity contribution in [2.45, 2.75) is 12.1 Å². The van der Waals surface area contributed by atoms with Crippen LogP contribution < -0.4 is 5.32 Å². The van der Waals surface area contributed by atoms with Crippen molar-refractivity contribution in [3.8, 4) is 11.4 Å². The van der Waals surface area contributed by atoms with Gasteiger partial charge in [-0.15, -0.1) is 10.2 Å². The second-order valence-electron chi connectivity index (χ2n) is 4.40. The highest BCUT2D eigenvalue weighted by Crippen LogP contribution is 2.28. The molecule has 9 heteroatoms. The Balaban J connectivity index is 2.02. The van der Waals surface area contributed by atoms with Crippen LogP contribution in [0.4, 0.5) is 4.79 Å². The average molecular weight is 355 g/mol. The zero-order valence-corrected chi connectivity index (χ0v) is 14.1. The zero-order chi connectivity index (χ0) is 16.8. The van der Waals surface area contributed by atoms with Gasteiger partial charge in [-0.1, -0.05) is 35.5 Å². The summed E-state index contributed by atoms with van der Waals surface area (Å²) in [5.74, 6) is 0.160. The molecule has 0 saturated heterocycles. The molecule has 0 saturated carbocycles. The number of hydrogen-bond donors (Lipinski definition) is 1. The number of aromatic nitrogens is 3. The quantitative estimate of drug-likeness (QED) is 0.830. The molecule has 7 nitrogen and oxygen atoms in total. The third-order valence-corrected chi connectivity index (χ3v) is 4.15. The number of rotatable bonds is 5. The van der Waals surface area contributed by atoms with Crippen molar-refractivity contribution < 1.29 is 14.3 Å². The van der Waals surface area contributed by atoms with Crippen LogP contribution in [0.15, 0.2) is 29.4 Å². The number of imide groups is 1. The van der Waals surface area contributed by atoms with Crippen molar-refractivity contribution >= 4 is 35.4 Å². The van der Waals surface area contributed by atoms with Gasteiger partial charge in [-0.3, -0.25) is 10.1 Å². The average Bonchev–Trinajstić information content (AvgIpc) is 2.87. The number of nitrogens with zero attached hydrogens (tertiary/aromatic N) is 3. The number of carbonyl (C=O) groups is 2. The summed E-state index contributed by atoms with van der Waals surface area (Å²) in [5.41, 5.74) is 0.756. The van der Waals surface area contributed by atoms with Gasteiger partial charge in [0.2, 0.25) is 5.91 Å². The van der Waals surface area contributed by atoms with E-state index in [1.807, 2.05) is 18.2 Å². The summed E-state index contributed by atoms with van der Waals surface area (Å²) < 4.78 is 6.38. The largest absolute Gasteiger partial charge is 0.450 e. The predicted molar refractivity (Wildman–Crippen MR) is 87.3 cm³/mol. The topological polar surface area (TPSA) is 86.1 Å². The summed E-state index contributed by atoms with van der Waals surface area (Å²) in [6.45, 7) is 1.87. The van der Waals surface area contributed by atoms with E-state index in [0.717, 1.165) is 17.3 Å². The number of alkyl carbamates (subject to hydrolysis) is 1. The van der Waals surface area contributed by atoms with Gasteiger partial charge < -0.3 is 9.30 Å². The highest BCUT2D eigenvalue weighted by atomic mass is 35.5. The number of nitrogens with one attached hydrogen (secondary N) is 1. The monoisotopic (exact) mass is 354 g/mol. The van der Waals surface area contributed by atoms with Crippen LogP contribution in [-0.4, -0.2) is 39.1 Å². The van der Waals surface area contributed by atoms with Gasteiger partial charge in [0.1, 0.15) is 0 Å². The van der Waals surface area contributed by atoms with Crippen molar-refractivity contribution in [2.24, 2.45) is 7.05 Å². The minimum Gasteiger partial charge on any atom is -0.450 e. The van der Waals surface area contributed by atoms with E-state index < -0.39 is 12.0 Å². The highest BCUT2D eigenvalue weighted by Gasteiger charge is 2.15. The number of thioether (sulfide) groups is 1. The van der Waals surface area contributed by atoms with Crippen LogP contribution in [0.5, 0.6) is 0 Å². The Labute approximate surface area is 142 Å². The van der Waals surface area contributed by atoms with Crippen LogP contribution in [0.25, 0.3) is 11.4 Å². The van der Waals surface area contributed by atoms with Gasteiger partial charge in [0.25, 0.3) is 0 Å². The van der Waals surface area contributed by atoms with E-state index in [1.165, 1.54) is 0 Å². The smallest absolute Gasteiger partial charge is 0.413 e. The van der Waals surface area contributed by atoms with Crippen molar-refractivity contribution in [1.82, 2.24) is 20.1 Å². The fourth-order valence-electron chi connectivity index (χ4n) is 1.76. The highest BCUT2D eigenvalue weighted by molar-refractivity contribution is 7.99. The Kier molecular flexibility index (Phi) is 6.00. The molecule has 1 N–H and O–H groups in total. The lowest BCUT2D eigenvalue weighted by atomic mass is 10.2. The minimum absolute atomic E-state index is 0.0211. The fraction of sp³-hybridized carbons (Fsp3) is 0.286. The Morgan fingerprint density at radius 2 is 2.09 bits per heavy atom. The number of ether oxygens (including phenoxy) is 1. The number of carbonyl (C=O) groups excluding carboxylic acids is 2. The zero-order valence-electron chi connectivity index (χ0n) is 12.6. The van der Waals surface area contributed by atoms with Crippen molar-refractivity contribution in [2.75, 3.05) is 12.4 Å². The summed E-state index contributed by atoms with van der Waals surface area (Å²) >= 11 is 7.31. The van der Waals surface area contributed by atoms with E-state index in [4.69, 9.17) is 11.6 Å². The standard InChI is InChI=1S/C14H15ClN4O3S/c1-3-22-14(21)16-11(20)8-23-13-18-17-12(19(13)2)9-6-4-5-7-10(9)15/h4-7H,3,8H2,1-2H3,(H,16,20,21). The lowest BCUT2D eigenvalue weighted by molar-refractivity contribution is -0.117. The van der Waals surface area contributed by atoms with Crippen molar-refractivity contribution in [3.05, 3.63) is 29.3 Å². The molecule has 0 aliphatic heterocycles. The maximum Gasteiger partial charge on any atom is 0.413 e. The first-order valence-corrected chi connectivity index (χ1v) is 8.13. The van der Waals surface area contributed by atoms with E-state index in [-0.39, 0.29) is 12.4 Å². The van der Waals surface area contributed by atoms with Gasteiger partial charge in [-0.05, 0) is 19.1 Å². The van der Waals surface area contributed by atoms with Gasteiger partial charge in [0.05, 0.1) is 17.4 Å². The lowest BCUT2D eigenvalue weighted by Gasteiger charge is -2.05. The van der Waals surface area contributed by atoms with E-state index in [1.54, 1.807) is 24.6 Å². The predicted octanol–water partition coefficient (Wildman–Crippen LogP) is 2.50. The van der Waals surface area contributed by atoms with Gasteiger partial charge in [0, 0.05) is 12.6 Å². The first-order chi connectivity index (χ1) is 11.0. The molecule has 0 radical (unpaired) electrons.